The van der Waals surface area contributed by atoms with Gasteiger partial charge >= 0.3 is 0 Å². The topological polar surface area (TPSA) is 34.9 Å². The Morgan fingerprint density at radius 3 is 2.21 bits per heavy atom. The zero-order valence-electron chi connectivity index (χ0n) is 10.2. The lowest BCUT2D eigenvalue weighted by Gasteiger charge is -2.06. The first-order valence-corrected chi connectivity index (χ1v) is 6.05. The second kappa shape index (κ2) is 4.90. The molecule has 1 heterocycles. The van der Waals surface area contributed by atoms with E-state index in [0.717, 1.165) is 5.69 Å². The molecule has 3 nitrogen and oxygen atoms in total. The molecule has 0 N–H and O–H groups in total. The molecule has 0 bridgehead atoms. The molecule has 0 aliphatic carbocycles. The minimum atomic E-state index is -0.0746. The second-order valence-corrected chi connectivity index (χ2v) is 4.15. The fourth-order valence-electron chi connectivity index (χ4n) is 1.99. The van der Waals surface area contributed by atoms with E-state index in [1.54, 1.807) is 29.1 Å². The minimum absolute atomic E-state index is 0.0746. The van der Waals surface area contributed by atoms with Gasteiger partial charge in [0.05, 0.1) is 0 Å². The Morgan fingerprint density at radius 2 is 1.53 bits per heavy atom. The molecule has 3 aromatic rings. The maximum Gasteiger partial charge on any atom is 0.228 e. The van der Waals surface area contributed by atoms with Gasteiger partial charge in [-0.1, -0.05) is 48.5 Å². The molecule has 0 aliphatic rings. The third kappa shape index (κ3) is 2.18. The van der Waals surface area contributed by atoms with Crippen molar-refractivity contribution in [3.8, 4) is 5.69 Å². The first-order chi connectivity index (χ1) is 9.36. The van der Waals surface area contributed by atoms with Crippen molar-refractivity contribution in [2.75, 3.05) is 0 Å². The van der Waals surface area contributed by atoms with Gasteiger partial charge in [-0.3, -0.25) is 9.36 Å². The van der Waals surface area contributed by atoms with Crippen LogP contribution in [0, 0.1) is 0 Å². The Morgan fingerprint density at radius 1 is 0.895 bits per heavy atom. The van der Waals surface area contributed by atoms with Crippen molar-refractivity contribution < 1.29 is 4.79 Å². The van der Waals surface area contributed by atoms with Gasteiger partial charge in [0.25, 0.3) is 0 Å². The second-order valence-electron chi connectivity index (χ2n) is 4.15. The molecule has 1 aromatic heterocycles. The van der Waals surface area contributed by atoms with Gasteiger partial charge in [0, 0.05) is 23.6 Å². The van der Waals surface area contributed by atoms with Crippen LogP contribution in [0.25, 0.3) is 5.69 Å². The van der Waals surface area contributed by atoms with E-state index < -0.39 is 0 Å². The van der Waals surface area contributed by atoms with Crippen LogP contribution in [0.4, 0.5) is 0 Å². The SMILES string of the molecule is O=C(c1ccccc1)c1nccn1-c1ccccc1. The third-order valence-corrected chi connectivity index (χ3v) is 2.91. The Hall–Kier alpha value is -2.68. The number of imidazole rings is 1. The Bertz CT molecular complexity index is 687. The molecule has 0 unspecified atom stereocenters. The Balaban J connectivity index is 2.04. The summed E-state index contributed by atoms with van der Waals surface area (Å²) in [5, 5.41) is 0. The summed E-state index contributed by atoms with van der Waals surface area (Å²) in [6, 6.07) is 18.9. The minimum Gasteiger partial charge on any atom is -0.297 e. The van der Waals surface area contributed by atoms with Crippen LogP contribution >= 0.6 is 0 Å². The molecule has 0 saturated heterocycles. The molecule has 0 spiro atoms. The Labute approximate surface area is 111 Å². The number of hydrogen-bond acceptors (Lipinski definition) is 2. The summed E-state index contributed by atoms with van der Waals surface area (Å²) >= 11 is 0. The lowest BCUT2D eigenvalue weighted by atomic mass is 10.1. The van der Waals surface area contributed by atoms with Crippen LogP contribution in [0.2, 0.25) is 0 Å². The normalized spacial score (nSPS) is 10.3. The highest BCUT2D eigenvalue weighted by atomic mass is 16.1. The lowest BCUT2D eigenvalue weighted by Crippen LogP contribution is -2.09. The summed E-state index contributed by atoms with van der Waals surface area (Å²) in [5.74, 6) is 0.354. The summed E-state index contributed by atoms with van der Waals surface area (Å²) in [6.07, 6.45) is 3.44. The van der Waals surface area contributed by atoms with E-state index in [9.17, 15) is 4.79 Å². The standard InChI is InChI=1S/C16H12N2O/c19-15(13-7-3-1-4-8-13)16-17-11-12-18(16)14-9-5-2-6-10-14/h1-12H. The van der Waals surface area contributed by atoms with Crippen LogP contribution in [0.3, 0.4) is 0 Å². The van der Waals surface area contributed by atoms with Crippen LogP contribution in [0.1, 0.15) is 16.2 Å². The van der Waals surface area contributed by atoms with Crippen molar-refractivity contribution in [3.63, 3.8) is 0 Å². The van der Waals surface area contributed by atoms with Gasteiger partial charge in [0.1, 0.15) is 0 Å². The maximum absolute atomic E-state index is 12.4. The Kier molecular flexibility index (Phi) is 2.94. The molecule has 0 saturated carbocycles. The average Bonchev–Trinajstić information content (AvgIpc) is 2.98. The number of carbonyl (C=O) groups excluding carboxylic acids is 1. The molecule has 0 radical (unpaired) electrons. The maximum atomic E-state index is 12.4. The highest BCUT2D eigenvalue weighted by Crippen LogP contribution is 2.13. The number of nitrogens with zero attached hydrogens (tertiary/aromatic N) is 2. The van der Waals surface area contributed by atoms with Crippen LogP contribution in [-0.4, -0.2) is 15.3 Å². The van der Waals surface area contributed by atoms with Gasteiger partial charge in [0.15, 0.2) is 5.82 Å². The number of para-hydroxylation sites is 1. The van der Waals surface area contributed by atoms with E-state index in [1.807, 2.05) is 48.5 Å². The fourth-order valence-corrected chi connectivity index (χ4v) is 1.99. The summed E-state index contributed by atoms with van der Waals surface area (Å²) in [5.41, 5.74) is 1.57. The zero-order valence-corrected chi connectivity index (χ0v) is 10.2. The summed E-state index contributed by atoms with van der Waals surface area (Å²) < 4.78 is 1.80. The molecule has 0 atom stereocenters. The fraction of sp³-hybridized carbons (Fsp3) is 0. The molecule has 3 heteroatoms. The molecule has 0 fully saturated rings. The number of benzene rings is 2. The highest BCUT2D eigenvalue weighted by Gasteiger charge is 2.15. The van der Waals surface area contributed by atoms with E-state index in [2.05, 4.69) is 4.98 Å². The molecular formula is C16H12N2O. The van der Waals surface area contributed by atoms with E-state index in [0.29, 0.717) is 11.4 Å². The number of hydrogen-bond donors (Lipinski definition) is 0. The van der Waals surface area contributed by atoms with Crippen LogP contribution < -0.4 is 0 Å². The molecule has 19 heavy (non-hydrogen) atoms. The van der Waals surface area contributed by atoms with E-state index in [-0.39, 0.29) is 5.78 Å². The quantitative estimate of drug-likeness (QED) is 0.667. The third-order valence-electron chi connectivity index (χ3n) is 2.91. The van der Waals surface area contributed by atoms with Crippen LogP contribution in [0.15, 0.2) is 73.1 Å². The monoisotopic (exact) mass is 248 g/mol. The highest BCUT2D eigenvalue weighted by molar-refractivity contribution is 6.07. The molecule has 3 rings (SSSR count). The van der Waals surface area contributed by atoms with Gasteiger partial charge in [-0.2, -0.15) is 0 Å². The van der Waals surface area contributed by atoms with Crippen molar-refractivity contribution in [3.05, 3.63) is 84.4 Å². The number of aromatic nitrogens is 2. The van der Waals surface area contributed by atoms with Crippen LogP contribution in [-0.2, 0) is 0 Å². The van der Waals surface area contributed by atoms with E-state index in [4.69, 9.17) is 0 Å². The summed E-state index contributed by atoms with van der Waals surface area (Å²) in [6.45, 7) is 0. The molecule has 92 valence electrons. The first-order valence-electron chi connectivity index (χ1n) is 6.05. The van der Waals surface area contributed by atoms with Gasteiger partial charge in [0.2, 0.25) is 5.78 Å². The number of carbonyl (C=O) groups is 1. The number of rotatable bonds is 3. The molecule has 2 aromatic carbocycles. The van der Waals surface area contributed by atoms with Crippen molar-refractivity contribution in [1.29, 1.82) is 0 Å². The number of ketones is 1. The van der Waals surface area contributed by atoms with Gasteiger partial charge < -0.3 is 0 Å². The van der Waals surface area contributed by atoms with E-state index in [1.165, 1.54) is 0 Å². The molecular weight excluding hydrogens is 236 g/mol. The predicted octanol–water partition coefficient (Wildman–Crippen LogP) is 3.10. The van der Waals surface area contributed by atoms with Gasteiger partial charge in [-0.25, -0.2) is 4.98 Å². The summed E-state index contributed by atoms with van der Waals surface area (Å²) in [7, 11) is 0. The van der Waals surface area contributed by atoms with Crippen molar-refractivity contribution in [2.45, 2.75) is 0 Å². The van der Waals surface area contributed by atoms with Crippen molar-refractivity contribution >= 4 is 5.78 Å². The van der Waals surface area contributed by atoms with Crippen LogP contribution in [0.5, 0.6) is 0 Å². The van der Waals surface area contributed by atoms with Crippen molar-refractivity contribution in [2.24, 2.45) is 0 Å². The first kappa shape index (κ1) is 11.4. The summed E-state index contributed by atoms with van der Waals surface area (Å²) in [4.78, 5) is 16.6. The lowest BCUT2D eigenvalue weighted by molar-refractivity contribution is 0.102. The molecule has 0 amide bonds. The van der Waals surface area contributed by atoms with Crippen molar-refractivity contribution in [1.82, 2.24) is 9.55 Å². The average molecular weight is 248 g/mol. The molecule has 0 aliphatic heterocycles. The zero-order chi connectivity index (χ0) is 13.1. The van der Waals surface area contributed by atoms with Gasteiger partial charge in [-0.05, 0) is 12.1 Å². The smallest absolute Gasteiger partial charge is 0.228 e. The largest absolute Gasteiger partial charge is 0.297 e. The van der Waals surface area contributed by atoms with E-state index >= 15 is 0 Å². The van der Waals surface area contributed by atoms with Gasteiger partial charge in [-0.15, -0.1) is 0 Å². The predicted molar refractivity (Wildman–Crippen MR) is 73.4 cm³/mol.